The van der Waals surface area contributed by atoms with Gasteiger partial charge in [-0.2, -0.15) is 0 Å². The smallest absolute Gasteiger partial charge is 0.145 e. The SMILES string of the molecule is c1ccc(-c2ccc(-c3ccc(N(c4ccc(-c5cccc6c5sc5ccccc56)cc4)c4ccc5c(ccc6ccccc65)c4)c4c3oc3ccccc34)cc2)cc1. The molecule has 276 valence electrons. The molecule has 0 fully saturated rings. The zero-order chi connectivity index (χ0) is 38.9. The van der Waals surface area contributed by atoms with E-state index in [4.69, 9.17) is 4.42 Å². The van der Waals surface area contributed by atoms with Gasteiger partial charge in [0.1, 0.15) is 11.2 Å². The number of rotatable bonds is 6. The second kappa shape index (κ2) is 13.6. The summed E-state index contributed by atoms with van der Waals surface area (Å²) in [5.74, 6) is 0. The summed E-state index contributed by atoms with van der Waals surface area (Å²) in [6.45, 7) is 0. The molecule has 0 unspecified atom stereocenters. The number of nitrogens with zero attached hydrogens (tertiary/aromatic N) is 1. The van der Waals surface area contributed by atoms with Crippen LogP contribution in [0.15, 0.2) is 217 Å². The van der Waals surface area contributed by atoms with Crippen LogP contribution in [0, 0.1) is 0 Å². The van der Waals surface area contributed by atoms with E-state index < -0.39 is 0 Å². The highest BCUT2D eigenvalue weighted by Gasteiger charge is 2.23. The Labute approximate surface area is 345 Å². The number of hydrogen-bond donors (Lipinski definition) is 0. The van der Waals surface area contributed by atoms with Crippen LogP contribution in [0.5, 0.6) is 0 Å². The molecule has 12 aromatic rings. The van der Waals surface area contributed by atoms with Crippen LogP contribution in [0.4, 0.5) is 17.1 Å². The summed E-state index contributed by atoms with van der Waals surface area (Å²) in [4.78, 5) is 2.41. The number of para-hydroxylation sites is 1. The Bertz CT molecular complexity index is 3540. The van der Waals surface area contributed by atoms with Gasteiger partial charge in [0.25, 0.3) is 0 Å². The molecule has 3 heteroatoms. The van der Waals surface area contributed by atoms with Gasteiger partial charge in [-0.05, 0) is 97.9 Å². The zero-order valence-electron chi connectivity index (χ0n) is 32.0. The average molecular weight is 770 g/mol. The molecule has 0 atom stereocenters. The molecule has 2 aromatic heterocycles. The van der Waals surface area contributed by atoms with Crippen LogP contribution in [0.1, 0.15) is 0 Å². The topological polar surface area (TPSA) is 16.4 Å². The second-order valence-corrected chi connectivity index (χ2v) is 16.3. The number of anilines is 3. The minimum atomic E-state index is 0.869. The molecular formula is C56H35NOS. The van der Waals surface area contributed by atoms with Crippen molar-refractivity contribution in [3.63, 3.8) is 0 Å². The minimum absolute atomic E-state index is 0.869. The van der Waals surface area contributed by atoms with Crippen LogP contribution in [-0.4, -0.2) is 0 Å². The lowest BCUT2D eigenvalue weighted by Crippen LogP contribution is -2.10. The van der Waals surface area contributed by atoms with E-state index in [-0.39, 0.29) is 0 Å². The fourth-order valence-corrected chi connectivity index (χ4v) is 10.3. The molecule has 10 aromatic carbocycles. The predicted molar refractivity (Wildman–Crippen MR) is 253 cm³/mol. The molecule has 0 saturated heterocycles. The third kappa shape index (κ3) is 5.55. The highest BCUT2D eigenvalue weighted by molar-refractivity contribution is 7.26. The van der Waals surface area contributed by atoms with Crippen LogP contribution < -0.4 is 4.90 Å². The van der Waals surface area contributed by atoms with Crippen molar-refractivity contribution in [1.82, 2.24) is 0 Å². The van der Waals surface area contributed by atoms with Crippen LogP contribution >= 0.6 is 11.3 Å². The largest absolute Gasteiger partial charge is 0.455 e. The van der Waals surface area contributed by atoms with Gasteiger partial charge in [-0.25, -0.2) is 0 Å². The number of benzene rings is 10. The highest BCUT2D eigenvalue weighted by atomic mass is 32.1. The summed E-state index contributed by atoms with van der Waals surface area (Å²) in [6, 6.07) is 76.8. The normalized spacial score (nSPS) is 11.7. The fourth-order valence-electron chi connectivity index (χ4n) is 9.03. The molecule has 2 nitrogen and oxygen atoms in total. The van der Waals surface area contributed by atoms with Crippen molar-refractivity contribution in [3.05, 3.63) is 212 Å². The van der Waals surface area contributed by atoms with Crippen LogP contribution in [0.3, 0.4) is 0 Å². The highest BCUT2D eigenvalue weighted by Crippen LogP contribution is 2.48. The lowest BCUT2D eigenvalue weighted by atomic mass is 9.97. The summed E-state index contributed by atoms with van der Waals surface area (Å²) in [7, 11) is 0. The maximum Gasteiger partial charge on any atom is 0.145 e. The van der Waals surface area contributed by atoms with Crippen molar-refractivity contribution >= 4 is 92.1 Å². The van der Waals surface area contributed by atoms with Crippen molar-refractivity contribution in [2.45, 2.75) is 0 Å². The molecule has 0 aliphatic heterocycles. The van der Waals surface area contributed by atoms with Gasteiger partial charge in [0.2, 0.25) is 0 Å². The molecule has 0 aliphatic carbocycles. The monoisotopic (exact) mass is 769 g/mol. The Morgan fingerprint density at radius 1 is 0.373 bits per heavy atom. The lowest BCUT2D eigenvalue weighted by molar-refractivity contribution is 0.670. The molecule has 0 N–H and O–H groups in total. The molecular weight excluding hydrogens is 735 g/mol. The number of thiophene rings is 1. The van der Waals surface area contributed by atoms with Gasteiger partial charge >= 0.3 is 0 Å². The van der Waals surface area contributed by atoms with Gasteiger partial charge in [-0.3, -0.25) is 0 Å². The molecule has 0 bridgehead atoms. The number of fused-ring (bicyclic) bond motifs is 9. The molecule has 0 spiro atoms. The van der Waals surface area contributed by atoms with Crippen LogP contribution in [0.25, 0.3) is 97.0 Å². The Balaban J connectivity index is 1.05. The van der Waals surface area contributed by atoms with E-state index in [0.717, 1.165) is 50.1 Å². The molecule has 2 heterocycles. The Hall–Kier alpha value is -7.46. The van der Waals surface area contributed by atoms with Crippen LogP contribution in [-0.2, 0) is 0 Å². The quantitative estimate of drug-likeness (QED) is 0.157. The van der Waals surface area contributed by atoms with E-state index in [1.54, 1.807) is 0 Å². The first kappa shape index (κ1) is 33.7. The van der Waals surface area contributed by atoms with Gasteiger partial charge < -0.3 is 9.32 Å². The Morgan fingerprint density at radius 3 is 1.86 bits per heavy atom. The summed E-state index contributed by atoms with van der Waals surface area (Å²) < 4.78 is 9.48. The second-order valence-electron chi connectivity index (χ2n) is 15.2. The van der Waals surface area contributed by atoms with Crippen molar-refractivity contribution in [3.8, 4) is 33.4 Å². The van der Waals surface area contributed by atoms with Gasteiger partial charge in [0.15, 0.2) is 0 Å². The standard InChI is InChI=1S/C56H35NOS/c1-2-11-36(12-3-1)37-21-23-39(24-22-37)46-33-34-51(54-50-16-6-8-19-52(50)58-55(46)54)57(43-31-32-45-41(35-43)26-25-38-13-4-5-14-44(38)45)42-29-27-40(28-30-42)47-17-10-18-49-48-15-7-9-20-53(48)59-56(47)49/h1-35H. The van der Waals surface area contributed by atoms with Crippen LogP contribution in [0.2, 0.25) is 0 Å². The maximum absolute atomic E-state index is 6.85. The van der Waals surface area contributed by atoms with E-state index in [0.29, 0.717) is 0 Å². The third-order valence-corrected chi connectivity index (χ3v) is 13.1. The van der Waals surface area contributed by atoms with E-state index in [2.05, 4.69) is 217 Å². The fraction of sp³-hybridized carbons (Fsp3) is 0. The van der Waals surface area contributed by atoms with Crippen molar-refractivity contribution in [2.24, 2.45) is 0 Å². The van der Waals surface area contributed by atoms with E-state index in [1.807, 2.05) is 11.3 Å². The zero-order valence-corrected chi connectivity index (χ0v) is 32.8. The average Bonchev–Trinajstić information content (AvgIpc) is 3.89. The Kier molecular flexibility index (Phi) is 7.75. The molecule has 0 radical (unpaired) electrons. The van der Waals surface area contributed by atoms with E-state index in [9.17, 15) is 0 Å². The molecule has 0 aliphatic rings. The molecule has 12 rings (SSSR count). The summed E-state index contributed by atoms with van der Waals surface area (Å²) in [6.07, 6.45) is 0. The number of furan rings is 1. The first-order valence-electron chi connectivity index (χ1n) is 20.1. The maximum atomic E-state index is 6.85. The first-order chi connectivity index (χ1) is 29.2. The number of hydrogen-bond acceptors (Lipinski definition) is 3. The van der Waals surface area contributed by atoms with Crippen molar-refractivity contribution in [1.29, 1.82) is 0 Å². The predicted octanol–water partition coefficient (Wildman–Crippen LogP) is 16.7. The van der Waals surface area contributed by atoms with E-state index >= 15 is 0 Å². The van der Waals surface area contributed by atoms with Gasteiger partial charge in [-0.1, -0.05) is 164 Å². The Morgan fingerprint density at radius 2 is 1.00 bits per heavy atom. The summed E-state index contributed by atoms with van der Waals surface area (Å²) in [5, 5.41) is 9.73. The molecule has 59 heavy (non-hydrogen) atoms. The first-order valence-corrected chi connectivity index (χ1v) is 20.9. The van der Waals surface area contributed by atoms with Crippen molar-refractivity contribution in [2.75, 3.05) is 4.90 Å². The summed E-state index contributed by atoms with van der Waals surface area (Å²) >= 11 is 1.87. The van der Waals surface area contributed by atoms with Crippen molar-refractivity contribution < 1.29 is 4.42 Å². The van der Waals surface area contributed by atoms with E-state index in [1.165, 1.54) is 64.0 Å². The third-order valence-electron chi connectivity index (χ3n) is 11.9. The van der Waals surface area contributed by atoms with Gasteiger partial charge in [0, 0.05) is 42.5 Å². The molecule has 0 amide bonds. The minimum Gasteiger partial charge on any atom is -0.455 e. The summed E-state index contributed by atoms with van der Waals surface area (Å²) in [5.41, 5.74) is 12.0. The van der Waals surface area contributed by atoms with Gasteiger partial charge in [-0.15, -0.1) is 11.3 Å². The lowest BCUT2D eigenvalue weighted by Gasteiger charge is -2.27. The molecule has 0 saturated carbocycles. The van der Waals surface area contributed by atoms with Gasteiger partial charge in [0.05, 0.1) is 11.1 Å².